The highest BCUT2D eigenvalue weighted by Crippen LogP contribution is 2.52. The highest BCUT2D eigenvalue weighted by molar-refractivity contribution is 7.99. The van der Waals surface area contributed by atoms with Gasteiger partial charge in [0.05, 0.1) is 22.4 Å². The lowest BCUT2D eigenvalue weighted by Gasteiger charge is -2.33. The standard InChI is InChI=1S/C63H43N5S/c1-4-16-42(17-5-1)44-30-32-46(33-31-44)62-64-61(45-20-8-3-9-21-45)65-63(66-62)68-55-27-11-10-26-53(55)54-36-34-50(40-58(54)68)47-22-14-23-48(38-47)51-35-37-57-60(41-51)69-59-29-13-12-28-56(59)67(57)52-25-15-24-49(39-52)43-18-6-2-7-19-43/h1-30,32-41,44H,31H2. The van der Waals surface area contributed by atoms with Gasteiger partial charge in [-0.1, -0.05) is 200 Å². The van der Waals surface area contributed by atoms with Crippen molar-refractivity contribution in [2.75, 3.05) is 4.90 Å². The molecule has 0 bridgehead atoms. The third-order valence-electron chi connectivity index (χ3n) is 13.4. The highest BCUT2D eigenvalue weighted by atomic mass is 32.2. The van der Waals surface area contributed by atoms with Crippen LogP contribution in [0.2, 0.25) is 0 Å². The fourth-order valence-electron chi connectivity index (χ4n) is 9.96. The second kappa shape index (κ2) is 17.3. The van der Waals surface area contributed by atoms with E-state index >= 15 is 0 Å². The van der Waals surface area contributed by atoms with Gasteiger partial charge in [-0.3, -0.25) is 4.57 Å². The minimum atomic E-state index is 0.307. The third kappa shape index (κ3) is 7.52. The summed E-state index contributed by atoms with van der Waals surface area (Å²) in [5, 5.41) is 2.29. The fourth-order valence-corrected chi connectivity index (χ4v) is 11.1. The summed E-state index contributed by atoms with van der Waals surface area (Å²) in [5.74, 6) is 2.19. The minimum absolute atomic E-state index is 0.307. The molecule has 11 aromatic rings. The highest BCUT2D eigenvalue weighted by Gasteiger charge is 2.26. The van der Waals surface area contributed by atoms with Crippen molar-refractivity contribution < 1.29 is 0 Å². The Balaban J connectivity index is 0.889. The molecule has 0 amide bonds. The van der Waals surface area contributed by atoms with Crippen molar-refractivity contribution in [3.63, 3.8) is 0 Å². The van der Waals surface area contributed by atoms with Gasteiger partial charge >= 0.3 is 0 Å². The zero-order chi connectivity index (χ0) is 45.7. The predicted molar refractivity (Wildman–Crippen MR) is 286 cm³/mol. The molecule has 1 unspecified atom stereocenters. The molecule has 69 heavy (non-hydrogen) atoms. The van der Waals surface area contributed by atoms with Crippen LogP contribution in [0.4, 0.5) is 17.1 Å². The van der Waals surface area contributed by atoms with Crippen LogP contribution in [0.25, 0.3) is 78.1 Å². The summed E-state index contributed by atoms with van der Waals surface area (Å²) in [4.78, 5) is 20.5. The average molecular weight is 902 g/mol. The lowest BCUT2D eigenvalue weighted by Crippen LogP contribution is -2.14. The smallest absolute Gasteiger partial charge is 0.238 e. The molecule has 0 saturated carbocycles. The summed E-state index contributed by atoms with van der Waals surface area (Å²) in [5.41, 5.74) is 15.8. The number of hydrogen-bond acceptors (Lipinski definition) is 5. The lowest BCUT2D eigenvalue weighted by atomic mass is 9.90. The van der Waals surface area contributed by atoms with Crippen molar-refractivity contribution in [1.82, 2.24) is 19.5 Å². The van der Waals surface area contributed by atoms with Gasteiger partial charge in [0.15, 0.2) is 11.6 Å². The number of hydrogen-bond donors (Lipinski definition) is 0. The summed E-state index contributed by atoms with van der Waals surface area (Å²) >= 11 is 1.83. The van der Waals surface area contributed by atoms with E-state index in [2.05, 4.69) is 234 Å². The Morgan fingerprint density at radius 2 is 1.03 bits per heavy atom. The van der Waals surface area contributed by atoms with E-state index in [0.717, 1.165) is 61.7 Å². The van der Waals surface area contributed by atoms with Crippen LogP contribution in [0, 0.1) is 0 Å². The molecular weight excluding hydrogens is 859 g/mol. The van der Waals surface area contributed by atoms with E-state index in [1.165, 1.54) is 43.4 Å². The van der Waals surface area contributed by atoms with Crippen molar-refractivity contribution in [2.24, 2.45) is 0 Å². The SMILES string of the molecule is C1=CC(c2ccccc2)CC=C1c1nc(-c2ccccc2)nc(-n2c3ccccc3c3ccc(-c4cccc(-c5ccc6c(c5)Sc5ccccc5N6c5cccc(-c6ccccc6)c5)c4)cc32)n1. The van der Waals surface area contributed by atoms with E-state index in [-0.39, 0.29) is 0 Å². The molecule has 326 valence electrons. The third-order valence-corrected chi connectivity index (χ3v) is 14.5. The van der Waals surface area contributed by atoms with Gasteiger partial charge < -0.3 is 4.90 Å². The predicted octanol–water partition coefficient (Wildman–Crippen LogP) is 16.7. The topological polar surface area (TPSA) is 46.8 Å². The maximum atomic E-state index is 5.29. The van der Waals surface area contributed by atoms with Crippen molar-refractivity contribution in [3.8, 4) is 50.7 Å². The molecule has 6 heteroatoms. The normalized spacial score (nSPS) is 14.1. The van der Waals surface area contributed by atoms with Crippen LogP contribution in [-0.4, -0.2) is 19.5 Å². The van der Waals surface area contributed by atoms with E-state index in [9.17, 15) is 0 Å². The Kier molecular flexibility index (Phi) is 10.2. The summed E-state index contributed by atoms with van der Waals surface area (Å²) in [6, 6.07) is 80.3. The minimum Gasteiger partial charge on any atom is -0.308 e. The van der Waals surface area contributed by atoms with Crippen LogP contribution in [-0.2, 0) is 0 Å². The molecule has 3 heterocycles. The van der Waals surface area contributed by atoms with Crippen LogP contribution in [0.15, 0.2) is 252 Å². The zero-order valence-electron chi connectivity index (χ0n) is 37.5. The zero-order valence-corrected chi connectivity index (χ0v) is 38.3. The first-order valence-corrected chi connectivity index (χ1v) is 24.3. The van der Waals surface area contributed by atoms with Crippen LogP contribution in [0.5, 0.6) is 0 Å². The van der Waals surface area contributed by atoms with Gasteiger partial charge in [-0.05, 0) is 100.0 Å². The molecule has 0 spiro atoms. The molecule has 0 saturated heterocycles. The van der Waals surface area contributed by atoms with Gasteiger partial charge in [-0.15, -0.1) is 0 Å². The van der Waals surface area contributed by atoms with Crippen molar-refractivity contribution in [3.05, 3.63) is 254 Å². The molecule has 13 rings (SSSR count). The molecule has 0 radical (unpaired) electrons. The van der Waals surface area contributed by atoms with E-state index in [1.54, 1.807) is 0 Å². The second-order valence-corrected chi connectivity index (χ2v) is 18.7. The molecule has 9 aromatic carbocycles. The van der Waals surface area contributed by atoms with Crippen molar-refractivity contribution >= 4 is 56.2 Å². The number of rotatable bonds is 8. The lowest BCUT2D eigenvalue weighted by molar-refractivity contribution is 0.852. The molecule has 1 atom stereocenters. The summed E-state index contributed by atoms with van der Waals surface area (Å²) in [6.07, 6.45) is 7.59. The average Bonchev–Trinajstić information content (AvgIpc) is 3.76. The van der Waals surface area contributed by atoms with Gasteiger partial charge in [-0.25, -0.2) is 4.98 Å². The Morgan fingerprint density at radius 1 is 0.420 bits per heavy atom. The second-order valence-electron chi connectivity index (χ2n) is 17.6. The van der Waals surface area contributed by atoms with Crippen LogP contribution in [0.3, 0.4) is 0 Å². The van der Waals surface area contributed by atoms with Crippen LogP contribution in [0.1, 0.15) is 23.7 Å². The van der Waals surface area contributed by atoms with Crippen molar-refractivity contribution in [2.45, 2.75) is 22.1 Å². The number of fused-ring (bicyclic) bond motifs is 5. The molecule has 2 aliphatic rings. The molecule has 2 aromatic heterocycles. The van der Waals surface area contributed by atoms with Gasteiger partial charge in [0.2, 0.25) is 5.95 Å². The number of para-hydroxylation sites is 2. The van der Waals surface area contributed by atoms with E-state index in [1.807, 2.05) is 30.0 Å². The molecular formula is C63H43N5S. The summed E-state index contributed by atoms with van der Waals surface area (Å²) in [6.45, 7) is 0. The van der Waals surface area contributed by atoms with Gasteiger partial charge in [0.25, 0.3) is 0 Å². The summed E-state index contributed by atoms with van der Waals surface area (Å²) < 4.78 is 2.22. The number of nitrogens with zero attached hydrogens (tertiary/aromatic N) is 5. The van der Waals surface area contributed by atoms with E-state index in [0.29, 0.717) is 23.5 Å². The fraction of sp³-hybridized carbons (Fsp3) is 0.0317. The molecule has 1 aliphatic heterocycles. The number of anilines is 3. The Morgan fingerprint density at radius 3 is 1.83 bits per heavy atom. The summed E-state index contributed by atoms with van der Waals surface area (Å²) in [7, 11) is 0. The maximum absolute atomic E-state index is 5.29. The van der Waals surface area contributed by atoms with Crippen LogP contribution >= 0.6 is 11.8 Å². The number of benzene rings is 9. The monoisotopic (exact) mass is 901 g/mol. The first kappa shape index (κ1) is 40.7. The van der Waals surface area contributed by atoms with Gasteiger partial charge in [0.1, 0.15) is 0 Å². The molecule has 1 aliphatic carbocycles. The molecule has 0 N–H and O–H groups in total. The largest absolute Gasteiger partial charge is 0.308 e. The van der Waals surface area contributed by atoms with Crippen molar-refractivity contribution in [1.29, 1.82) is 0 Å². The Labute approximate surface area is 405 Å². The first-order valence-electron chi connectivity index (χ1n) is 23.4. The first-order chi connectivity index (χ1) is 34.2. The number of aromatic nitrogens is 4. The van der Waals surface area contributed by atoms with E-state index < -0.39 is 0 Å². The molecule has 5 nitrogen and oxygen atoms in total. The molecule has 0 fully saturated rings. The van der Waals surface area contributed by atoms with E-state index in [4.69, 9.17) is 15.0 Å². The van der Waals surface area contributed by atoms with Gasteiger partial charge in [-0.2, -0.15) is 9.97 Å². The maximum Gasteiger partial charge on any atom is 0.238 e. The Bertz CT molecular complexity index is 3800. The Hall–Kier alpha value is -8.58. The number of allylic oxidation sites excluding steroid dienone is 4. The van der Waals surface area contributed by atoms with Gasteiger partial charge in [0, 0.05) is 43.3 Å². The van der Waals surface area contributed by atoms with Crippen LogP contribution < -0.4 is 4.90 Å². The quantitative estimate of drug-likeness (QED) is 0.152.